The summed E-state index contributed by atoms with van der Waals surface area (Å²) in [6.45, 7) is 0. The highest BCUT2D eigenvalue weighted by Gasteiger charge is 2.20. The van der Waals surface area contributed by atoms with E-state index in [1.807, 2.05) is 0 Å². The van der Waals surface area contributed by atoms with Crippen molar-refractivity contribution in [3.8, 4) is 5.88 Å². The summed E-state index contributed by atoms with van der Waals surface area (Å²) in [5.74, 6) is -2.05. The van der Waals surface area contributed by atoms with Gasteiger partial charge in [-0.3, -0.25) is 9.59 Å². The van der Waals surface area contributed by atoms with E-state index >= 15 is 0 Å². The summed E-state index contributed by atoms with van der Waals surface area (Å²) in [7, 11) is 0. The van der Waals surface area contributed by atoms with E-state index in [0.29, 0.717) is 22.9 Å². The van der Waals surface area contributed by atoms with Gasteiger partial charge in [0.25, 0.3) is 0 Å². The number of aromatic hydroxyl groups is 1. The third-order valence-corrected chi connectivity index (χ3v) is 3.81. The molecule has 0 aliphatic heterocycles. The van der Waals surface area contributed by atoms with Crippen LogP contribution in [0.3, 0.4) is 0 Å². The van der Waals surface area contributed by atoms with Crippen LogP contribution in [-0.2, 0) is 11.2 Å². The van der Waals surface area contributed by atoms with E-state index in [9.17, 15) is 19.1 Å². The van der Waals surface area contributed by atoms with Crippen LogP contribution < -0.4 is 0 Å². The number of fused-ring (bicyclic) bond motifs is 1. The Balaban J connectivity index is 1.92. The molecule has 0 unspecified atom stereocenters. The van der Waals surface area contributed by atoms with Crippen LogP contribution in [0.15, 0.2) is 42.5 Å². The van der Waals surface area contributed by atoms with Gasteiger partial charge in [-0.2, -0.15) is 0 Å². The number of halogens is 1. The van der Waals surface area contributed by atoms with Gasteiger partial charge in [-0.15, -0.1) is 0 Å². The number of carbonyl (C=O) groups excluding carboxylic acids is 1. The molecule has 3 N–H and O–H groups in total. The number of hydrogen-bond acceptors (Lipinski definition) is 3. The average molecular weight is 327 g/mol. The van der Waals surface area contributed by atoms with Gasteiger partial charge in [-0.05, 0) is 30.2 Å². The van der Waals surface area contributed by atoms with E-state index in [0.717, 1.165) is 5.56 Å². The fourth-order valence-electron chi connectivity index (χ4n) is 2.60. The van der Waals surface area contributed by atoms with Crippen LogP contribution in [0.5, 0.6) is 5.88 Å². The summed E-state index contributed by atoms with van der Waals surface area (Å²) < 4.78 is 13.2. The summed E-state index contributed by atoms with van der Waals surface area (Å²) in [6, 6.07) is 10.4. The first-order valence-electron chi connectivity index (χ1n) is 7.31. The third-order valence-electron chi connectivity index (χ3n) is 3.81. The maximum absolute atomic E-state index is 13.2. The number of rotatable bonds is 5. The van der Waals surface area contributed by atoms with Gasteiger partial charge in [-0.1, -0.05) is 24.3 Å². The van der Waals surface area contributed by atoms with Crippen molar-refractivity contribution >= 4 is 22.7 Å². The predicted octanol–water partition coefficient (Wildman–Crippen LogP) is 3.26. The highest BCUT2D eigenvalue weighted by molar-refractivity contribution is 6.18. The van der Waals surface area contributed by atoms with Gasteiger partial charge in [0.1, 0.15) is 5.82 Å². The first kappa shape index (κ1) is 15.7. The summed E-state index contributed by atoms with van der Waals surface area (Å²) in [6.07, 6.45) is 0.392. The van der Waals surface area contributed by atoms with E-state index in [4.69, 9.17) is 5.11 Å². The molecule has 5 nitrogen and oxygen atoms in total. The Morgan fingerprint density at radius 2 is 1.79 bits per heavy atom. The zero-order chi connectivity index (χ0) is 17.3. The molecular weight excluding hydrogens is 313 g/mol. The van der Waals surface area contributed by atoms with Crippen LogP contribution in [0.4, 0.5) is 4.39 Å². The molecule has 0 atom stereocenters. The Hall–Kier alpha value is -3.15. The van der Waals surface area contributed by atoms with Crippen molar-refractivity contribution in [3.63, 3.8) is 0 Å². The van der Waals surface area contributed by atoms with E-state index < -0.39 is 17.6 Å². The van der Waals surface area contributed by atoms with E-state index in [1.165, 1.54) is 18.2 Å². The number of aliphatic carboxylic acids is 1. The minimum Gasteiger partial charge on any atom is -0.494 e. The molecule has 0 aliphatic carbocycles. The molecule has 0 fully saturated rings. The number of aromatic amines is 1. The second kappa shape index (κ2) is 6.16. The van der Waals surface area contributed by atoms with Gasteiger partial charge in [0, 0.05) is 17.4 Å². The second-order valence-corrected chi connectivity index (χ2v) is 5.46. The number of hydrogen-bond donors (Lipinski definition) is 3. The third kappa shape index (κ3) is 2.99. The molecule has 3 aromatic rings. The molecule has 6 heteroatoms. The molecular formula is C18H14FNO4. The quantitative estimate of drug-likeness (QED) is 0.627. The second-order valence-electron chi connectivity index (χ2n) is 5.46. The van der Waals surface area contributed by atoms with Gasteiger partial charge < -0.3 is 15.2 Å². The largest absolute Gasteiger partial charge is 0.494 e. The molecule has 0 radical (unpaired) electrons. The number of benzene rings is 2. The molecule has 122 valence electrons. The van der Waals surface area contributed by atoms with Crippen molar-refractivity contribution in [3.05, 3.63) is 65.0 Å². The zero-order valence-electron chi connectivity index (χ0n) is 12.5. The summed E-state index contributed by atoms with van der Waals surface area (Å²) in [4.78, 5) is 25.8. The molecule has 0 saturated heterocycles. The summed E-state index contributed by atoms with van der Waals surface area (Å²) in [5, 5.41) is 19.1. The van der Waals surface area contributed by atoms with Crippen molar-refractivity contribution in [1.29, 1.82) is 0 Å². The number of nitrogens with one attached hydrogen (secondary N) is 1. The maximum Gasteiger partial charge on any atom is 0.303 e. The Morgan fingerprint density at radius 1 is 1.08 bits per heavy atom. The molecule has 0 amide bonds. The SMILES string of the molecule is O=C(O)CCc1ccc(C(=O)c2c(O)[nH]c3cc(F)ccc23)cc1. The summed E-state index contributed by atoms with van der Waals surface area (Å²) >= 11 is 0. The highest BCUT2D eigenvalue weighted by Crippen LogP contribution is 2.30. The predicted molar refractivity (Wildman–Crippen MR) is 85.8 cm³/mol. The first-order chi connectivity index (χ1) is 11.5. The average Bonchev–Trinajstić information content (AvgIpc) is 2.87. The number of carboxylic acids is 1. The van der Waals surface area contributed by atoms with Crippen LogP contribution in [-0.4, -0.2) is 26.9 Å². The number of aromatic nitrogens is 1. The minimum absolute atomic E-state index is 0.0160. The molecule has 0 spiro atoms. The maximum atomic E-state index is 13.2. The van der Waals surface area contributed by atoms with E-state index in [2.05, 4.69) is 4.98 Å². The number of H-pyrrole nitrogens is 1. The Labute approximate surface area is 136 Å². The van der Waals surface area contributed by atoms with Gasteiger partial charge in [0.05, 0.1) is 11.1 Å². The Bertz CT molecular complexity index is 928. The molecule has 1 aromatic heterocycles. The molecule has 24 heavy (non-hydrogen) atoms. The molecule has 0 aliphatic rings. The number of ketones is 1. The fraction of sp³-hybridized carbons (Fsp3) is 0.111. The standard InChI is InChI=1S/C18H14FNO4/c19-12-6-7-13-14(9-12)20-18(24)16(13)17(23)11-4-1-10(2-5-11)3-8-15(21)22/h1-2,4-7,9,20,24H,3,8H2,(H,21,22). The summed E-state index contributed by atoms with van der Waals surface area (Å²) in [5.41, 5.74) is 1.59. The zero-order valence-corrected chi connectivity index (χ0v) is 12.5. The number of carboxylic acid groups (broad SMARTS) is 1. The van der Waals surface area contributed by atoms with Crippen molar-refractivity contribution in [2.75, 3.05) is 0 Å². The van der Waals surface area contributed by atoms with Crippen molar-refractivity contribution in [2.45, 2.75) is 12.8 Å². The van der Waals surface area contributed by atoms with E-state index in [-0.39, 0.29) is 17.9 Å². The van der Waals surface area contributed by atoms with Gasteiger partial charge >= 0.3 is 5.97 Å². The normalized spacial score (nSPS) is 10.9. The van der Waals surface area contributed by atoms with E-state index in [1.54, 1.807) is 24.3 Å². The lowest BCUT2D eigenvalue weighted by atomic mass is 10.00. The van der Waals surface area contributed by atoms with Crippen LogP contribution in [0.2, 0.25) is 0 Å². The molecule has 0 bridgehead atoms. The fourth-order valence-corrected chi connectivity index (χ4v) is 2.60. The van der Waals surface area contributed by atoms with Gasteiger partial charge in [0.15, 0.2) is 5.78 Å². The lowest BCUT2D eigenvalue weighted by Gasteiger charge is -2.03. The Kier molecular flexibility index (Phi) is 4.04. The van der Waals surface area contributed by atoms with Gasteiger partial charge in [-0.25, -0.2) is 4.39 Å². The van der Waals surface area contributed by atoms with Gasteiger partial charge in [0.2, 0.25) is 5.88 Å². The molecule has 3 rings (SSSR count). The molecule has 1 heterocycles. The van der Waals surface area contributed by atoms with Crippen LogP contribution in [0.25, 0.3) is 10.9 Å². The van der Waals surface area contributed by atoms with Crippen LogP contribution >= 0.6 is 0 Å². The minimum atomic E-state index is -0.883. The highest BCUT2D eigenvalue weighted by atomic mass is 19.1. The van der Waals surface area contributed by atoms with Crippen molar-refractivity contribution in [1.82, 2.24) is 4.98 Å². The van der Waals surface area contributed by atoms with Crippen molar-refractivity contribution in [2.24, 2.45) is 0 Å². The van der Waals surface area contributed by atoms with Crippen LogP contribution in [0, 0.1) is 5.82 Å². The monoisotopic (exact) mass is 327 g/mol. The van der Waals surface area contributed by atoms with Crippen molar-refractivity contribution < 1.29 is 24.2 Å². The Morgan fingerprint density at radius 3 is 2.46 bits per heavy atom. The molecule has 0 saturated carbocycles. The van der Waals surface area contributed by atoms with Crippen LogP contribution in [0.1, 0.15) is 27.9 Å². The smallest absolute Gasteiger partial charge is 0.303 e. The molecule has 2 aromatic carbocycles. The lowest BCUT2D eigenvalue weighted by Crippen LogP contribution is -2.02. The topological polar surface area (TPSA) is 90.4 Å². The first-order valence-corrected chi connectivity index (χ1v) is 7.31. The number of carbonyl (C=O) groups is 2. The lowest BCUT2D eigenvalue weighted by molar-refractivity contribution is -0.136. The number of aryl methyl sites for hydroxylation is 1.